The highest BCUT2D eigenvalue weighted by Crippen LogP contribution is 2.31. The van der Waals surface area contributed by atoms with Crippen LogP contribution in [0.4, 0.5) is 22.0 Å². The monoisotopic (exact) mass is 413 g/mol. The zero-order valence-corrected chi connectivity index (χ0v) is 15.9. The summed E-state index contributed by atoms with van der Waals surface area (Å²) in [5.74, 6) is 0.157. The minimum absolute atomic E-state index is 0.0385. The lowest BCUT2D eigenvalue weighted by molar-refractivity contribution is 0.262. The van der Waals surface area contributed by atoms with Crippen molar-refractivity contribution in [2.24, 2.45) is 0 Å². The average molecular weight is 414 g/mol. The zero-order chi connectivity index (χ0) is 20.8. The van der Waals surface area contributed by atoms with Crippen molar-refractivity contribution in [2.45, 2.75) is 0 Å². The SMILES string of the molecule is COC(=N)c1c(N)ncnc1Oc1ccc(NC(=O)Nc2ccncc2)c(Cl)c1. The molecule has 5 N–H and O–H groups in total. The van der Waals surface area contributed by atoms with Gasteiger partial charge in [-0.3, -0.25) is 10.4 Å². The van der Waals surface area contributed by atoms with Crippen LogP contribution in [0.5, 0.6) is 11.6 Å². The molecule has 2 amide bonds. The molecule has 3 aromatic rings. The lowest BCUT2D eigenvalue weighted by Gasteiger charge is -2.13. The van der Waals surface area contributed by atoms with Crippen LogP contribution in [0.1, 0.15) is 5.56 Å². The number of rotatable bonds is 5. The fourth-order valence-electron chi connectivity index (χ4n) is 2.27. The number of urea groups is 1. The third-order valence-corrected chi connectivity index (χ3v) is 3.93. The van der Waals surface area contributed by atoms with E-state index in [9.17, 15) is 4.79 Å². The van der Waals surface area contributed by atoms with Crippen LogP contribution < -0.4 is 21.1 Å². The largest absolute Gasteiger partial charge is 0.481 e. The van der Waals surface area contributed by atoms with Gasteiger partial charge in [-0.25, -0.2) is 14.8 Å². The molecule has 0 saturated carbocycles. The van der Waals surface area contributed by atoms with Gasteiger partial charge >= 0.3 is 6.03 Å². The van der Waals surface area contributed by atoms with Gasteiger partial charge in [-0.05, 0) is 24.3 Å². The highest BCUT2D eigenvalue weighted by molar-refractivity contribution is 6.34. The summed E-state index contributed by atoms with van der Waals surface area (Å²) in [6.07, 6.45) is 4.33. The molecule has 1 aromatic carbocycles. The smallest absolute Gasteiger partial charge is 0.323 e. The second kappa shape index (κ2) is 8.85. The van der Waals surface area contributed by atoms with Gasteiger partial charge in [0.15, 0.2) is 0 Å². The van der Waals surface area contributed by atoms with Crippen LogP contribution in [0.2, 0.25) is 5.02 Å². The fraction of sp³-hybridized carbons (Fsp3) is 0.0556. The molecule has 0 radical (unpaired) electrons. The first-order valence-electron chi connectivity index (χ1n) is 8.16. The van der Waals surface area contributed by atoms with Crippen LogP contribution in [0.3, 0.4) is 0 Å². The fourth-order valence-corrected chi connectivity index (χ4v) is 2.49. The number of pyridine rings is 1. The molecule has 0 aliphatic rings. The predicted octanol–water partition coefficient (Wildman–Crippen LogP) is 3.52. The number of nitrogens with two attached hydrogens (primary N) is 1. The Hall–Kier alpha value is -3.92. The second-order valence-electron chi connectivity index (χ2n) is 5.53. The molecule has 2 aromatic heterocycles. The van der Waals surface area contributed by atoms with Crippen molar-refractivity contribution < 1.29 is 14.3 Å². The first-order valence-corrected chi connectivity index (χ1v) is 8.54. The number of methoxy groups -OCH3 is 1. The van der Waals surface area contributed by atoms with E-state index in [-0.39, 0.29) is 28.2 Å². The number of nitrogens with one attached hydrogen (secondary N) is 3. The third kappa shape index (κ3) is 4.87. The summed E-state index contributed by atoms with van der Waals surface area (Å²) in [6.45, 7) is 0. The Kier molecular flexibility index (Phi) is 6.05. The number of benzene rings is 1. The summed E-state index contributed by atoms with van der Waals surface area (Å²) < 4.78 is 10.6. The normalized spacial score (nSPS) is 10.1. The lowest BCUT2D eigenvalue weighted by Crippen LogP contribution is -2.19. The number of carbonyl (C=O) groups excluding carboxylic acids is 1. The molecule has 29 heavy (non-hydrogen) atoms. The molecule has 148 valence electrons. The second-order valence-corrected chi connectivity index (χ2v) is 5.94. The summed E-state index contributed by atoms with van der Waals surface area (Å²) in [5, 5.41) is 13.4. The van der Waals surface area contributed by atoms with Crippen molar-refractivity contribution in [3.8, 4) is 11.6 Å². The third-order valence-electron chi connectivity index (χ3n) is 3.61. The maximum absolute atomic E-state index is 12.1. The summed E-state index contributed by atoms with van der Waals surface area (Å²) in [4.78, 5) is 23.8. The highest BCUT2D eigenvalue weighted by atomic mass is 35.5. The molecule has 0 spiro atoms. The van der Waals surface area contributed by atoms with Gasteiger partial charge < -0.3 is 25.8 Å². The van der Waals surface area contributed by atoms with E-state index in [4.69, 9.17) is 32.2 Å². The molecule has 0 aliphatic heterocycles. The van der Waals surface area contributed by atoms with E-state index < -0.39 is 6.03 Å². The van der Waals surface area contributed by atoms with Gasteiger partial charge in [-0.15, -0.1) is 0 Å². The Labute approximate surface area is 170 Å². The molecule has 0 atom stereocenters. The number of hydrogen-bond acceptors (Lipinski definition) is 8. The first-order chi connectivity index (χ1) is 14.0. The zero-order valence-electron chi connectivity index (χ0n) is 15.1. The Balaban J connectivity index is 1.74. The molecule has 3 rings (SSSR count). The topological polar surface area (TPSA) is 148 Å². The molecule has 0 aliphatic carbocycles. The van der Waals surface area contributed by atoms with Crippen LogP contribution >= 0.6 is 11.6 Å². The maximum atomic E-state index is 12.1. The van der Waals surface area contributed by atoms with E-state index in [1.807, 2.05) is 0 Å². The molecule has 0 unspecified atom stereocenters. The number of halogens is 1. The first kappa shape index (κ1) is 19.8. The van der Waals surface area contributed by atoms with Crippen molar-refractivity contribution in [3.63, 3.8) is 0 Å². The number of aromatic nitrogens is 3. The Bertz CT molecular complexity index is 1050. The molecule has 0 bridgehead atoms. The van der Waals surface area contributed by atoms with Gasteiger partial charge in [-0.2, -0.15) is 0 Å². The van der Waals surface area contributed by atoms with Crippen LogP contribution in [0.25, 0.3) is 0 Å². The van der Waals surface area contributed by atoms with Gasteiger partial charge in [0, 0.05) is 24.1 Å². The summed E-state index contributed by atoms with van der Waals surface area (Å²) >= 11 is 6.25. The highest BCUT2D eigenvalue weighted by Gasteiger charge is 2.18. The van der Waals surface area contributed by atoms with Gasteiger partial charge in [-0.1, -0.05) is 11.6 Å². The van der Waals surface area contributed by atoms with E-state index in [1.165, 1.54) is 19.5 Å². The average Bonchev–Trinajstić information content (AvgIpc) is 2.70. The number of amides is 2. The minimum Gasteiger partial charge on any atom is -0.481 e. The Morgan fingerprint density at radius 2 is 1.93 bits per heavy atom. The summed E-state index contributed by atoms with van der Waals surface area (Å²) in [6, 6.07) is 7.47. The molecule has 2 heterocycles. The molecular weight excluding hydrogens is 398 g/mol. The number of nitrogen functional groups attached to an aromatic ring is 1. The van der Waals surface area contributed by atoms with Crippen LogP contribution in [0.15, 0.2) is 49.1 Å². The van der Waals surface area contributed by atoms with Gasteiger partial charge in [0.1, 0.15) is 23.5 Å². The van der Waals surface area contributed by atoms with E-state index in [2.05, 4.69) is 25.6 Å². The van der Waals surface area contributed by atoms with Crippen molar-refractivity contribution in [1.29, 1.82) is 5.41 Å². The number of anilines is 3. The molecular formula is C18H16ClN7O3. The number of nitrogens with zero attached hydrogens (tertiary/aromatic N) is 3. The van der Waals surface area contributed by atoms with E-state index in [1.54, 1.807) is 36.7 Å². The van der Waals surface area contributed by atoms with Crippen LogP contribution in [0, 0.1) is 5.41 Å². The van der Waals surface area contributed by atoms with E-state index in [0.717, 1.165) is 0 Å². The minimum atomic E-state index is -0.467. The van der Waals surface area contributed by atoms with Crippen molar-refractivity contribution >= 4 is 40.7 Å². The summed E-state index contributed by atoms with van der Waals surface area (Å²) in [7, 11) is 1.33. The predicted molar refractivity (Wildman–Crippen MR) is 109 cm³/mol. The van der Waals surface area contributed by atoms with Gasteiger partial charge in [0.2, 0.25) is 11.8 Å². The van der Waals surface area contributed by atoms with Crippen LogP contribution in [-0.4, -0.2) is 34.0 Å². The molecule has 0 fully saturated rings. The molecule has 11 heteroatoms. The van der Waals surface area contributed by atoms with Crippen molar-refractivity contribution in [1.82, 2.24) is 15.0 Å². The lowest BCUT2D eigenvalue weighted by atomic mass is 10.2. The van der Waals surface area contributed by atoms with Crippen molar-refractivity contribution in [3.05, 3.63) is 59.6 Å². The summed E-state index contributed by atoms with van der Waals surface area (Å²) in [5.41, 5.74) is 6.86. The number of ether oxygens (including phenoxy) is 2. The maximum Gasteiger partial charge on any atom is 0.323 e. The van der Waals surface area contributed by atoms with E-state index >= 15 is 0 Å². The standard InChI is InChI=1S/C18H16ClN7O3/c1-28-16(21)14-15(20)23-9-24-17(14)29-11-2-3-13(12(19)8-11)26-18(27)25-10-4-6-22-7-5-10/h2-9,21H,1H3,(H2,20,23,24)(H2,22,25,26,27). The van der Waals surface area contributed by atoms with Crippen LogP contribution in [-0.2, 0) is 4.74 Å². The van der Waals surface area contributed by atoms with Crippen molar-refractivity contribution in [2.75, 3.05) is 23.5 Å². The van der Waals surface area contributed by atoms with Gasteiger partial charge in [0.05, 0.1) is 17.8 Å². The van der Waals surface area contributed by atoms with Gasteiger partial charge in [0.25, 0.3) is 0 Å². The van der Waals surface area contributed by atoms with E-state index in [0.29, 0.717) is 17.1 Å². The quantitative estimate of drug-likeness (QED) is 0.369. The Morgan fingerprint density at radius 1 is 1.17 bits per heavy atom. The molecule has 10 nitrogen and oxygen atoms in total. The molecule has 0 saturated heterocycles. The number of hydrogen-bond donors (Lipinski definition) is 4. The Morgan fingerprint density at radius 3 is 2.62 bits per heavy atom. The number of carbonyl (C=O) groups is 1.